The molecule has 0 aliphatic carbocycles. The van der Waals surface area contributed by atoms with E-state index in [9.17, 15) is 10.1 Å². The number of nitrogens with zero attached hydrogens (tertiary/aromatic N) is 1. The molecule has 0 bridgehead atoms. The van der Waals surface area contributed by atoms with Crippen LogP contribution in [0.25, 0.3) is 0 Å². The predicted octanol–water partition coefficient (Wildman–Crippen LogP) is 2.55. The average molecular weight is 265 g/mol. The Morgan fingerprint density at radius 3 is 2.95 bits per heavy atom. The van der Waals surface area contributed by atoms with E-state index in [1.165, 1.54) is 18.6 Å². The molecule has 1 heterocycles. The lowest BCUT2D eigenvalue weighted by Crippen LogP contribution is -2.22. The van der Waals surface area contributed by atoms with Crippen molar-refractivity contribution in [3.63, 3.8) is 0 Å². The number of ether oxygens (including phenoxy) is 1. The number of benzene rings is 1. The largest absolute Gasteiger partial charge is 0.397 e. The van der Waals surface area contributed by atoms with E-state index in [2.05, 4.69) is 5.32 Å². The van der Waals surface area contributed by atoms with Gasteiger partial charge in [-0.05, 0) is 31.7 Å². The summed E-state index contributed by atoms with van der Waals surface area (Å²) in [5.41, 5.74) is 6.93. The van der Waals surface area contributed by atoms with Gasteiger partial charge in [0.1, 0.15) is 0 Å². The van der Waals surface area contributed by atoms with Crippen molar-refractivity contribution in [2.75, 3.05) is 24.2 Å². The quantitative estimate of drug-likeness (QED) is 0.485. The topological polar surface area (TPSA) is 90.4 Å². The maximum Gasteiger partial charge on any atom is 0.271 e. The van der Waals surface area contributed by atoms with Crippen LogP contribution in [0.1, 0.15) is 25.7 Å². The highest BCUT2D eigenvalue weighted by Crippen LogP contribution is 2.24. The number of nitro groups is 1. The van der Waals surface area contributed by atoms with E-state index >= 15 is 0 Å². The zero-order valence-corrected chi connectivity index (χ0v) is 10.8. The maximum atomic E-state index is 10.6. The van der Waals surface area contributed by atoms with Crippen LogP contribution < -0.4 is 11.1 Å². The molecule has 19 heavy (non-hydrogen) atoms. The first-order valence-electron chi connectivity index (χ1n) is 6.56. The first kappa shape index (κ1) is 13.6. The maximum absolute atomic E-state index is 10.6. The zero-order chi connectivity index (χ0) is 13.7. The highest BCUT2D eigenvalue weighted by molar-refractivity contribution is 5.69. The predicted molar refractivity (Wildman–Crippen MR) is 74.2 cm³/mol. The smallest absolute Gasteiger partial charge is 0.271 e. The Morgan fingerprint density at radius 1 is 1.47 bits per heavy atom. The summed E-state index contributed by atoms with van der Waals surface area (Å²) < 4.78 is 5.64. The number of rotatable bonds is 5. The second-order valence-corrected chi connectivity index (χ2v) is 4.73. The summed E-state index contributed by atoms with van der Waals surface area (Å²) in [5, 5.41) is 13.8. The van der Waals surface area contributed by atoms with Gasteiger partial charge in [-0.15, -0.1) is 0 Å². The minimum Gasteiger partial charge on any atom is -0.397 e. The van der Waals surface area contributed by atoms with Gasteiger partial charge in [-0.1, -0.05) is 0 Å². The van der Waals surface area contributed by atoms with E-state index in [-0.39, 0.29) is 5.69 Å². The van der Waals surface area contributed by atoms with Crippen LogP contribution in [-0.2, 0) is 4.74 Å². The molecule has 104 valence electrons. The molecule has 1 aromatic rings. The average Bonchev–Trinajstić information content (AvgIpc) is 2.41. The number of nitrogens with two attached hydrogens (primary N) is 1. The molecule has 1 saturated heterocycles. The number of nitrogens with one attached hydrogen (secondary N) is 1. The lowest BCUT2D eigenvalue weighted by Gasteiger charge is -2.22. The zero-order valence-electron chi connectivity index (χ0n) is 10.8. The molecule has 1 fully saturated rings. The molecule has 1 atom stereocenters. The molecular formula is C13H19N3O3. The molecule has 0 spiro atoms. The van der Waals surface area contributed by atoms with E-state index in [1.54, 1.807) is 6.07 Å². The van der Waals surface area contributed by atoms with Crippen molar-refractivity contribution in [1.82, 2.24) is 0 Å². The van der Waals surface area contributed by atoms with Crippen LogP contribution in [0, 0.1) is 10.1 Å². The molecule has 0 aromatic heterocycles. The molecule has 1 aliphatic rings. The first-order chi connectivity index (χ1) is 9.16. The molecule has 2 rings (SSSR count). The molecule has 1 aromatic carbocycles. The van der Waals surface area contributed by atoms with Crippen LogP contribution in [0.5, 0.6) is 0 Å². The molecule has 0 saturated carbocycles. The van der Waals surface area contributed by atoms with Crippen molar-refractivity contribution >= 4 is 17.1 Å². The molecule has 6 heteroatoms. The van der Waals surface area contributed by atoms with Crippen molar-refractivity contribution in [2.45, 2.75) is 31.8 Å². The van der Waals surface area contributed by atoms with Gasteiger partial charge in [0, 0.05) is 25.3 Å². The number of hydrogen-bond donors (Lipinski definition) is 2. The fourth-order valence-electron chi connectivity index (χ4n) is 2.23. The number of non-ortho nitro benzene ring substituents is 1. The van der Waals surface area contributed by atoms with E-state index in [0.717, 1.165) is 38.1 Å². The van der Waals surface area contributed by atoms with Crippen LogP contribution in [0.3, 0.4) is 0 Å². The summed E-state index contributed by atoms with van der Waals surface area (Å²) >= 11 is 0. The Kier molecular flexibility index (Phi) is 4.57. The van der Waals surface area contributed by atoms with Gasteiger partial charge in [0.2, 0.25) is 0 Å². The van der Waals surface area contributed by atoms with E-state index in [0.29, 0.717) is 11.8 Å². The van der Waals surface area contributed by atoms with E-state index in [4.69, 9.17) is 10.5 Å². The minimum atomic E-state index is -0.448. The Bertz CT molecular complexity index is 445. The van der Waals surface area contributed by atoms with Gasteiger partial charge in [0.05, 0.1) is 22.4 Å². The Morgan fingerprint density at radius 2 is 2.32 bits per heavy atom. The standard InChI is InChI=1S/C13H19N3O3/c14-12-9-10(16(17)18)4-5-13(12)15-7-6-11-3-1-2-8-19-11/h4-5,9,11,15H,1-3,6-8,14H2. The second kappa shape index (κ2) is 6.38. The Labute approximate surface area is 112 Å². The summed E-state index contributed by atoms with van der Waals surface area (Å²) in [6.07, 6.45) is 4.73. The fraction of sp³-hybridized carbons (Fsp3) is 0.538. The van der Waals surface area contributed by atoms with Crippen molar-refractivity contribution in [1.29, 1.82) is 0 Å². The number of anilines is 2. The second-order valence-electron chi connectivity index (χ2n) is 4.73. The van der Waals surface area contributed by atoms with Gasteiger partial charge in [0.25, 0.3) is 5.69 Å². The fourth-order valence-corrected chi connectivity index (χ4v) is 2.23. The SMILES string of the molecule is Nc1cc([N+](=O)[O-])ccc1NCCC1CCCCO1. The van der Waals surface area contributed by atoms with Gasteiger partial charge >= 0.3 is 0 Å². The summed E-state index contributed by atoms with van der Waals surface area (Å²) in [7, 11) is 0. The lowest BCUT2D eigenvalue weighted by atomic mass is 10.1. The lowest BCUT2D eigenvalue weighted by molar-refractivity contribution is -0.384. The van der Waals surface area contributed by atoms with E-state index in [1.807, 2.05) is 0 Å². The molecule has 6 nitrogen and oxygen atoms in total. The van der Waals surface area contributed by atoms with Gasteiger partial charge in [-0.25, -0.2) is 0 Å². The van der Waals surface area contributed by atoms with Crippen molar-refractivity contribution < 1.29 is 9.66 Å². The number of nitro benzene ring substituents is 1. The van der Waals surface area contributed by atoms with Gasteiger partial charge in [-0.3, -0.25) is 10.1 Å². The molecule has 1 aliphatic heterocycles. The van der Waals surface area contributed by atoms with Gasteiger partial charge in [0.15, 0.2) is 0 Å². The highest BCUT2D eigenvalue weighted by atomic mass is 16.6. The minimum absolute atomic E-state index is 0.0127. The summed E-state index contributed by atoms with van der Waals surface area (Å²) in [5.74, 6) is 0. The third-order valence-corrected chi connectivity index (χ3v) is 3.30. The molecule has 1 unspecified atom stereocenters. The number of nitrogen functional groups attached to an aromatic ring is 1. The molecule has 0 radical (unpaired) electrons. The van der Waals surface area contributed by atoms with Crippen LogP contribution in [-0.4, -0.2) is 24.2 Å². The summed E-state index contributed by atoms with van der Waals surface area (Å²) in [6.45, 7) is 1.61. The Hall–Kier alpha value is -1.82. The van der Waals surface area contributed by atoms with Gasteiger partial charge in [-0.2, -0.15) is 0 Å². The normalized spacial score (nSPS) is 19.1. The molecule has 0 amide bonds. The van der Waals surface area contributed by atoms with Crippen LogP contribution in [0.2, 0.25) is 0 Å². The van der Waals surface area contributed by atoms with E-state index < -0.39 is 4.92 Å². The summed E-state index contributed by atoms with van der Waals surface area (Å²) in [4.78, 5) is 10.1. The van der Waals surface area contributed by atoms with Crippen LogP contribution in [0.15, 0.2) is 18.2 Å². The third kappa shape index (κ3) is 3.82. The summed E-state index contributed by atoms with van der Waals surface area (Å²) in [6, 6.07) is 4.48. The molecular weight excluding hydrogens is 246 g/mol. The Balaban J connectivity index is 1.83. The van der Waals surface area contributed by atoms with Crippen molar-refractivity contribution in [3.8, 4) is 0 Å². The highest BCUT2D eigenvalue weighted by Gasteiger charge is 2.13. The van der Waals surface area contributed by atoms with Crippen LogP contribution in [0.4, 0.5) is 17.1 Å². The monoisotopic (exact) mass is 265 g/mol. The molecule has 3 N–H and O–H groups in total. The van der Waals surface area contributed by atoms with Crippen LogP contribution >= 0.6 is 0 Å². The first-order valence-corrected chi connectivity index (χ1v) is 6.56. The van der Waals surface area contributed by atoms with Crippen molar-refractivity contribution in [3.05, 3.63) is 28.3 Å². The van der Waals surface area contributed by atoms with Gasteiger partial charge < -0.3 is 15.8 Å². The number of hydrogen-bond acceptors (Lipinski definition) is 5. The van der Waals surface area contributed by atoms with Crippen molar-refractivity contribution in [2.24, 2.45) is 0 Å². The third-order valence-electron chi connectivity index (χ3n) is 3.30.